The molecule has 0 spiro atoms. The van der Waals surface area contributed by atoms with Crippen LogP contribution in [0.15, 0.2) is 48.5 Å². The zero-order valence-corrected chi connectivity index (χ0v) is 11.5. The van der Waals surface area contributed by atoms with Crippen LogP contribution < -0.4 is 5.73 Å². The molecule has 0 aliphatic rings. The molecule has 0 aromatic heterocycles. The first-order valence-corrected chi connectivity index (χ1v) is 6.78. The van der Waals surface area contributed by atoms with Gasteiger partial charge in [-0.25, -0.2) is 4.39 Å². The van der Waals surface area contributed by atoms with Crippen molar-refractivity contribution >= 4 is 5.69 Å². The van der Waals surface area contributed by atoms with E-state index in [1.807, 2.05) is 6.07 Å². The van der Waals surface area contributed by atoms with E-state index < -0.39 is 0 Å². The zero-order valence-electron chi connectivity index (χ0n) is 11.5. The van der Waals surface area contributed by atoms with E-state index in [-0.39, 0.29) is 22.5 Å². The largest absolute Gasteiger partial charge is 0.327 e. The molecule has 0 aliphatic carbocycles. The van der Waals surface area contributed by atoms with Crippen LogP contribution in [0.5, 0.6) is 0 Å². The van der Waals surface area contributed by atoms with Crippen molar-refractivity contribution in [1.29, 1.82) is 0 Å². The van der Waals surface area contributed by atoms with E-state index in [0.717, 1.165) is 5.56 Å². The van der Waals surface area contributed by atoms with E-state index in [1.54, 1.807) is 24.3 Å². The van der Waals surface area contributed by atoms with Gasteiger partial charge in [-0.2, -0.15) is 0 Å². The number of aryl methyl sites for hydroxylation is 1. The third-order valence-electron chi connectivity index (χ3n) is 3.36. The van der Waals surface area contributed by atoms with Crippen molar-refractivity contribution in [3.8, 4) is 0 Å². The van der Waals surface area contributed by atoms with E-state index in [0.29, 0.717) is 24.8 Å². The van der Waals surface area contributed by atoms with Gasteiger partial charge in [0.05, 0.1) is 4.92 Å². The minimum atomic E-state index is -0.382. The van der Waals surface area contributed by atoms with Gasteiger partial charge in [-0.05, 0) is 37.0 Å². The second kappa shape index (κ2) is 6.95. The van der Waals surface area contributed by atoms with E-state index in [9.17, 15) is 14.5 Å². The zero-order chi connectivity index (χ0) is 15.2. The third kappa shape index (κ3) is 4.36. The smallest absolute Gasteiger partial charge is 0.272 e. The molecule has 0 heterocycles. The molecular weight excluding hydrogens is 271 g/mol. The molecule has 0 fully saturated rings. The van der Waals surface area contributed by atoms with Crippen molar-refractivity contribution < 1.29 is 9.31 Å². The first-order valence-electron chi connectivity index (χ1n) is 6.78. The Balaban J connectivity index is 1.95. The van der Waals surface area contributed by atoms with Crippen molar-refractivity contribution in [2.24, 2.45) is 5.73 Å². The van der Waals surface area contributed by atoms with E-state index in [1.165, 1.54) is 18.2 Å². The monoisotopic (exact) mass is 288 g/mol. The molecule has 2 aromatic carbocycles. The average molecular weight is 288 g/mol. The Kier molecular flexibility index (Phi) is 5.00. The minimum Gasteiger partial charge on any atom is -0.327 e. The summed E-state index contributed by atoms with van der Waals surface area (Å²) in [5.74, 6) is -0.279. The fourth-order valence-electron chi connectivity index (χ4n) is 2.31. The molecule has 1 atom stereocenters. The number of halogens is 1. The third-order valence-corrected chi connectivity index (χ3v) is 3.36. The van der Waals surface area contributed by atoms with E-state index in [2.05, 4.69) is 0 Å². The Hall–Kier alpha value is -2.27. The number of nitro benzene ring substituents is 1. The maximum atomic E-state index is 13.1. The Morgan fingerprint density at radius 3 is 2.67 bits per heavy atom. The summed E-state index contributed by atoms with van der Waals surface area (Å²) >= 11 is 0. The van der Waals surface area contributed by atoms with Gasteiger partial charge in [-0.1, -0.05) is 30.3 Å². The number of hydrogen-bond donors (Lipinski definition) is 1. The molecule has 1 unspecified atom stereocenters. The highest BCUT2D eigenvalue weighted by atomic mass is 19.1. The molecule has 5 heteroatoms. The SMILES string of the molecule is NC(CCc1ccccc1[N+](=O)[O-])Cc1cccc(F)c1. The van der Waals surface area contributed by atoms with Gasteiger partial charge in [0.1, 0.15) is 5.82 Å². The van der Waals surface area contributed by atoms with Gasteiger partial charge >= 0.3 is 0 Å². The average Bonchev–Trinajstić information content (AvgIpc) is 2.45. The number of rotatable bonds is 6. The highest BCUT2D eigenvalue weighted by Gasteiger charge is 2.13. The highest BCUT2D eigenvalue weighted by molar-refractivity contribution is 5.39. The molecule has 4 nitrogen and oxygen atoms in total. The summed E-state index contributed by atoms with van der Waals surface area (Å²) < 4.78 is 13.1. The lowest BCUT2D eigenvalue weighted by atomic mass is 9.99. The highest BCUT2D eigenvalue weighted by Crippen LogP contribution is 2.20. The van der Waals surface area contributed by atoms with Crippen LogP contribution in [-0.2, 0) is 12.8 Å². The van der Waals surface area contributed by atoms with Gasteiger partial charge in [-0.15, -0.1) is 0 Å². The van der Waals surface area contributed by atoms with Crippen LogP contribution in [0.2, 0.25) is 0 Å². The lowest BCUT2D eigenvalue weighted by Crippen LogP contribution is -2.23. The Bertz CT molecular complexity index is 631. The van der Waals surface area contributed by atoms with Crippen molar-refractivity contribution in [2.45, 2.75) is 25.3 Å². The summed E-state index contributed by atoms with van der Waals surface area (Å²) in [6.07, 6.45) is 1.70. The molecule has 0 saturated carbocycles. The topological polar surface area (TPSA) is 69.2 Å². The Labute approximate surface area is 122 Å². The van der Waals surface area contributed by atoms with Gasteiger partial charge in [-0.3, -0.25) is 10.1 Å². The second-order valence-corrected chi connectivity index (χ2v) is 5.02. The molecule has 0 bridgehead atoms. The molecule has 0 radical (unpaired) electrons. The quantitative estimate of drug-likeness (QED) is 0.655. The number of nitrogens with zero attached hydrogens (tertiary/aromatic N) is 1. The van der Waals surface area contributed by atoms with Gasteiger partial charge in [0.25, 0.3) is 5.69 Å². The fraction of sp³-hybridized carbons (Fsp3) is 0.250. The summed E-state index contributed by atoms with van der Waals surface area (Å²) in [6, 6.07) is 12.8. The van der Waals surface area contributed by atoms with Crippen LogP contribution in [-0.4, -0.2) is 11.0 Å². The molecule has 0 aliphatic heterocycles. The predicted octanol–water partition coefficient (Wildman–Crippen LogP) is 3.24. The molecule has 2 N–H and O–H groups in total. The van der Waals surface area contributed by atoms with Gasteiger partial charge in [0, 0.05) is 17.7 Å². The van der Waals surface area contributed by atoms with E-state index in [4.69, 9.17) is 5.73 Å². The van der Waals surface area contributed by atoms with Crippen LogP contribution in [0, 0.1) is 15.9 Å². The van der Waals surface area contributed by atoms with Crippen molar-refractivity contribution in [2.75, 3.05) is 0 Å². The molecule has 2 aromatic rings. The van der Waals surface area contributed by atoms with Gasteiger partial charge in [0.2, 0.25) is 0 Å². The molecule has 0 amide bonds. The van der Waals surface area contributed by atoms with Crippen molar-refractivity contribution in [3.05, 3.63) is 75.6 Å². The minimum absolute atomic E-state index is 0.121. The molecule has 2 rings (SSSR count). The fourth-order valence-corrected chi connectivity index (χ4v) is 2.31. The normalized spacial score (nSPS) is 12.1. The molecule has 110 valence electrons. The summed E-state index contributed by atoms with van der Waals surface area (Å²) in [7, 11) is 0. The first-order chi connectivity index (χ1) is 10.1. The maximum absolute atomic E-state index is 13.1. The molecule has 21 heavy (non-hydrogen) atoms. The Morgan fingerprint density at radius 2 is 1.95 bits per heavy atom. The summed E-state index contributed by atoms with van der Waals surface area (Å²) in [4.78, 5) is 10.5. The summed E-state index contributed by atoms with van der Waals surface area (Å²) in [6.45, 7) is 0. The van der Waals surface area contributed by atoms with E-state index >= 15 is 0 Å². The standard InChI is InChI=1S/C16H17FN2O2/c17-14-6-3-4-12(10-14)11-15(18)9-8-13-5-1-2-7-16(13)19(20)21/h1-7,10,15H,8-9,11,18H2. The number of nitro groups is 1. The van der Waals surface area contributed by atoms with Crippen LogP contribution in [0.4, 0.5) is 10.1 Å². The molecular formula is C16H17FN2O2. The summed E-state index contributed by atoms with van der Waals surface area (Å²) in [5, 5.41) is 10.9. The molecule has 0 saturated heterocycles. The van der Waals surface area contributed by atoms with Gasteiger partial charge in [0.15, 0.2) is 0 Å². The van der Waals surface area contributed by atoms with Crippen LogP contribution in [0.25, 0.3) is 0 Å². The lowest BCUT2D eigenvalue weighted by Gasteiger charge is -2.12. The first kappa shape index (κ1) is 15.1. The van der Waals surface area contributed by atoms with Crippen LogP contribution >= 0.6 is 0 Å². The van der Waals surface area contributed by atoms with Gasteiger partial charge < -0.3 is 5.73 Å². The van der Waals surface area contributed by atoms with Crippen molar-refractivity contribution in [1.82, 2.24) is 0 Å². The maximum Gasteiger partial charge on any atom is 0.272 e. The number of nitrogens with two attached hydrogens (primary N) is 1. The van der Waals surface area contributed by atoms with Crippen molar-refractivity contribution in [3.63, 3.8) is 0 Å². The number of hydrogen-bond acceptors (Lipinski definition) is 3. The Morgan fingerprint density at radius 1 is 1.19 bits per heavy atom. The second-order valence-electron chi connectivity index (χ2n) is 5.02. The summed E-state index contributed by atoms with van der Waals surface area (Å²) in [5.41, 5.74) is 7.67. The number of para-hydroxylation sites is 1. The van der Waals surface area contributed by atoms with Crippen LogP contribution in [0.3, 0.4) is 0 Å². The number of benzene rings is 2. The predicted molar refractivity (Wildman–Crippen MR) is 79.5 cm³/mol. The van der Waals surface area contributed by atoms with Crippen LogP contribution in [0.1, 0.15) is 17.5 Å². The lowest BCUT2D eigenvalue weighted by molar-refractivity contribution is -0.385.